The molecule has 2 heterocycles. The van der Waals surface area contributed by atoms with Gasteiger partial charge in [-0.05, 0) is 44.4 Å². The van der Waals surface area contributed by atoms with Crippen LogP contribution in [-0.2, 0) is 22.6 Å². The normalized spacial score (nSPS) is 17.0. The first-order chi connectivity index (χ1) is 12.9. The fraction of sp³-hybridized carbons (Fsp3) is 0.450. The SMILES string of the molecule is Cc1noc(C)c1COc1ccc(CC(=O)N2CCCC(C(=O)O)C2)cc1. The standard InChI is InChI=1S/C20H24N2O5/c1-13-18(14(2)27-21-13)12-26-17-7-5-15(6-8-17)10-19(23)22-9-3-4-16(11-22)20(24)25/h5-8,16H,3-4,9-12H2,1-2H3,(H,24,25). The van der Waals surface area contributed by atoms with Gasteiger partial charge in [0.25, 0.3) is 0 Å². The molecule has 1 amide bonds. The highest BCUT2D eigenvalue weighted by atomic mass is 16.5. The molecule has 1 saturated heterocycles. The summed E-state index contributed by atoms with van der Waals surface area (Å²) in [6.07, 6.45) is 1.63. The van der Waals surface area contributed by atoms with Crippen molar-refractivity contribution in [3.8, 4) is 5.75 Å². The second-order valence-corrected chi connectivity index (χ2v) is 6.93. The largest absolute Gasteiger partial charge is 0.489 e. The van der Waals surface area contributed by atoms with E-state index in [1.807, 2.05) is 38.1 Å². The van der Waals surface area contributed by atoms with E-state index < -0.39 is 11.9 Å². The maximum Gasteiger partial charge on any atom is 0.308 e. The van der Waals surface area contributed by atoms with Crippen LogP contribution in [0.4, 0.5) is 0 Å². The van der Waals surface area contributed by atoms with E-state index in [1.54, 1.807) is 4.90 Å². The van der Waals surface area contributed by atoms with Crippen molar-refractivity contribution in [3.63, 3.8) is 0 Å². The third-order valence-corrected chi connectivity index (χ3v) is 4.97. The lowest BCUT2D eigenvalue weighted by Gasteiger charge is -2.30. The minimum absolute atomic E-state index is 0.0367. The van der Waals surface area contributed by atoms with Gasteiger partial charge >= 0.3 is 5.97 Å². The summed E-state index contributed by atoms with van der Waals surface area (Å²) in [4.78, 5) is 25.3. The number of aryl methyl sites for hydroxylation is 2. The van der Waals surface area contributed by atoms with E-state index in [9.17, 15) is 9.59 Å². The molecule has 7 heteroatoms. The Hall–Kier alpha value is -2.83. The lowest BCUT2D eigenvalue weighted by atomic mass is 9.97. The number of rotatable bonds is 6. The van der Waals surface area contributed by atoms with Gasteiger partial charge in [0.05, 0.1) is 23.6 Å². The number of hydrogen-bond acceptors (Lipinski definition) is 5. The van der Waals surface area contributed by atoms with E-state index in [2.05, 4.69) is 5.16 Å². The Morgan fingerprint density at radius 1 is 1.30 bits per heavy atom. The lowest BCUT2D eigenvalue weighted by molar-refractivity contribution is -0.145. The van der Waals surface area contributed by atoms with Crippen LogP contribution < -0.4 is 4.74 Å². The Morgan fingerprint density at radius 3 is 2.67 bits per heavy atom. The third-order valence-electron chi connectivity index (χ3n) is 4.97. The van der Waals surface area contributed by atoms with Gasteiger partial charge in [0.1, 0.15) is 18.1 Å². The van der Waals surface area contributed by atoms with Crippen molar-refractivity contribution in [3.05, 3.63) is 46.8 Å². The van der Waals surface area contributed by atoms with Gasteiger partial charge in [0, 0.05) is 13.1 Å². The molecule has 0 aliphatic carbocycles. The highest BCUT2D eigenvalue weighted by Gasteiger charge is 2.27. The molecule has 1 N–H and O–H groups in total. The number of likely N-dealkylation sites (tertiary alicyclic amines) is 1. The number of carboxylic acids is 1. The Bertz CT molecular complexity index is 793. The molecule has 1 aromatic carbocycles. The number of carboxylic acid groups (broad SMARTS) is 1. The van der Waals surface area contributed by atoms with Crippen LogP contribution in [0.25, 0.3) is 0 Å². The molecule has 7 nitrogen and oxygen atoms in total. The quantitative estimate of drug-likeness (QED) is 0.838. The van der Waals surface area contributed by atoms with Gasteiger partial charge in [-0.15, -0.1) is 0 Å². The van der Waals surface area contributed by atoms with E-state index in [0.717, 1.165) is 29.0 Å². The number of carbonyl (C=O) groups excluding carboxylic acids is 1. The first-order valence-electron chi connectivity index (χ1n) is 9.08. The Morgan fingerprint density at radius 2 is 2.04 bits per heavy atom. The zero-order chi connectivity index (χ0) is 19.4. The molecule has 1 aromatic heterocycles. The van der Waals surface area contributed by atoms with Gasteiger partial charge in [-0.2, -0.15) is 0 Å². The van der Waals surface area contributed by atoms with Crippen LogP contribution in [0.3, 0.4) is 0 Å². The molecule has 1 aliphatic rings. The van der Waals surface area contributed by atoms with Crippen molar-refractivity contribution >= 4 is 11.9 Å². The number of ether oxygens (including phenoxy) is 1. The minimum atomic E-state index is -0.827. The topological polar surface area (TPSA) is 92.9 Å². The summed E-state index contributed by atoms with van der Waals surface area (Å²) in [5, 5.41) is 13.1. The third kappa shape index (κ3) is 4.67. The number of carbonyl (C=O) groups is 2. The van der Waals surface area contributed by atoms with Gasteiger partial charge in [0.15, 0.2) is 0 Å². The number of aliphatic carboxylic acids is 1. The molecule has 0 spiro atoms. The second-order valence-electron chi connectivity index (χ2n) is 6.93. The molecule has 27 heavy (non-hydrogen) atoms. The fourth-order valence-corrected chi connectivity index (χ4v) is 3.26. The zero-order valence-corrected chi connectivity index (χ0v) is 15.6. The average molecular weight is 372 g/mol. The maximum absolute atomic E-state index is 12.5. The van der Waals surface area contributed by atoms with E-state index in [4.69, 9.17) is 14.4 Å². The predicted molar refractivity (Wildman–Crippen MR) is 97.4 cm³/mol. The van der Waals surface area contributed by atoms with Crippen LogP contribution >= 0.6 is 0 Å². The zero-order valence-electron chi connectivity index (χ0n) is 15.6. The van der Waals surface area contributed by atoms with Gasteiger partial charge in [-0.25, -0.2) is 0 Å². The number of piperidine rings is 1. The molecule has 1 aliphatic heterocycles. The molecule has 0 radical (unpaired) electrons. The van der Waals surface area contributed by atoms with Crippen LogP contribution in [0.15, 0.2) is 28.8 Å². The Labute approximate surface area is 157 Å². The van der Waals surface area contributed by atoms with Crippen LogP contribution in [0, 0.1) is 19.8 Å². The fourth-order valence-electron chi connectivity index (χ4n) is 3.26. The number of hydrogen-bond donors (Lipinski definition) is 1. The van der Waals surface area contributed by atoms with Crippen LogP contribution in [-0.4, -0.2) is 40.1 Å². The Kier molecular flexibility index (Phi) is 5.78. The highest BCUT2D eigenvalue weighted by molar-refractivity contribution is 5.80. The lowest BCUT2D eigenvalue weighted by Crippen LogP contribution is -2.42. The smallest absolute Gasteiger partial charge is 0.308 e. The number of amides is 1. The van der Waals surface area contributed by atoms with Gasteiger partial charge in [-0.3, -0.25) is 9.59 Å². The van der Waals surface area contributed by atoms with E-state index in [1.165, 1.54) is 0 Å². The summed E-state index contributed by atoms with van der Waals surface area (Å²) in [6.45, 7) is 5.03. The molecule has 0 saturated carbocycles. The molecule has 2 aromatic rings. The van der Waals surface area contributed by atoms with Gasteiger partial charge < -0.3 is 19.3 Å². The summed E-state index contributed by atoms with van der Waals surface area (Å²) < 4.78 is 10.9. The molecule has 0 bridgehead atoms. The maximum atomic E-state index is 12.5. The molecule has 3 rings (SSSR count). The van der Waals surface area contributed by atoms with Crippen molar-refractivity contribution in [1.29, 1.82) is 0 Å². The molecule has 144 valence electrons. The summed E-state index contributed by atoms with van der Waals surface area (Å²) in [6, 6.07) is 7.38. The second kappa shape index (κ2) is 8.24. The molecular formula is C20H24N2O5. The average Bonchev–Trinajstić information content (AvgIpc) is 2.99. The summed E-state index contributed by atoms with van der Waals surface area (Å²) in [5.74, 6) is 0.131. The van der Waals surface area contributed by atoms with E-state index in [-0.39, 0.29) is 12.3 Å². The highest BCUT2D eigenvalue weighted by Crippen LogP contribution is 2.20. The van der Waals surface area contributed by atoms with Crippen molar-refractivity contribution in [2.24, 2.45) is 5.92 Å². The van der Waals surface area contributed by atoms with Crippen LogP contribution in [0.2, 0.25) is 0 Å². The minimum Gasteiger partial charge on any atom is -0.489 e. The summed E-state index contributed by atoms with van der Waals surface area (Å²) >= 11 is 0. The number of benzene rings is 1. The molecular weight excluding hydrogens is 348 g/mol. The number of aromatic nitrogens is 1. The van der Waals surface area contributed by atoms with Crippen LogP contribution in [0.5, 0.6) is 5.75 Å². The van der Waals surface area contributed by atoms with Crippen molar-refractivity contribution < 1.29 is 24.0 Å². The summed E-state index contributed by atoms with van der Waals surface area (Å²) in [5.41, 5.74) is 2.63. The molecule has 1 unspecified atom stereocenters. The monoisotopic (exact) mass is 372 g/mol. The first kappa shape index (κ1) is 18.9. The van der Waals surface area contributed by atoms with E-state index >= 15 is 0 Å². The predicted octanol–water partition coefficient (Wildman–Crippen LogP) is 2.74. The number of nitrogens with zero attached hydrogens (tertiary/aromatic N) is 2. The molecule has 1 atom stereocenters. The Balaban J connectivity index is 1.54. The van der Waals surface area contributed by atoms with Gasteiger partial charge in [0.2, 0.25) is 5.91 Å². The van der Waals surface area contributed by atoms with E-state index in [0.29, 0.717) is 31.9 Å². The summed E-state index contributed by atoms with van der Waals surface area (Å²) in [7, 11) is 0. The van der Waals surface area contributed by atoms with Crippen molar-refractivity contribution in [2.45, 2.75) is 39.7 Å². The van der Waals surface area contributed by atoms with Crippen LogP contribution in [0.1, 0.15) is 35.4 Å². The first-order valence-corrected chi connectivity index (χ1v) is 9.08. The van der Waals surface area contributed by atoms with Gasteiger partial charge in [-0.1, -0.05) is 17.3 Å². The molecule has 1 fully saturated rings. The van der Waals surface area contributed by atoms with Crippen molar-refractivity contribution in [1.82, 2.24) is 10.1 Å². The van der Waals surface area contributed by atoms with Crippen molar-refractivity contribution in [2.75, 3.05) is 13.1 Å².